The second-order valence-electron chi connectivity index (χ2n) is 4.08. The quantitative estimate of drug-likeness (QED) is 0.467. The molecule has 0 saturated heterocycles. The summed E-state index contributed by atoms with van der Waals surface area (Å²) in [6.07, 6.45) is -1.10. The van der Waals surface area contributed by atoms with Gasteiger partial charge in [-0.15, -0.1) is 0 Å². The molecule has 1 aliphatic heterocycles. The van der Waals surface area contributed by atoms with Gasteiger partial charge in [-0.2, -0.15) is 0 Å². The summed E-state index contributed by atoms with van der Waals surface area (Å²) < 4.78 is 14.5. The van der Waals surface area contributed by atoms with E-state index in [1.165, 1.54) is 31.4 Å². The van der Waals surface area contributed by atoms with Crippen molar-refractivity contribution in [3.63, 3.8) is 0 Å². The average Bonchev–Trinajstić information content (AvgIpc) is 2.83. The first-order valence-corrected chi connectivity index (χ1v) is 5.81. The lowest BCUT2D eigenvalue weighted by molar-refractivity contribution is -0.385. The van der Waals surface area contributed by atoms with Gasteiger partial charge in [-0.1, -0.05) is 12.1 Å². The summed E-state index contributed by atoms with van der Waals surface area (Å²) in [7, 11) is 2.37. The summed E-state index contributed by atoms with van der Waals surface area (Å²) in [6.45, 7) is 0. The van der Waals surface area contributed by atoms with Gasteiger partial charge in [0.2, 0.25) is 5.76 Å². The SMILES string of the molecule is COC(=O)C1=C(OC)C(=O)OC1c1cccc([N+](=O)[O-])c1. The highest BCUT2D eigenvalue weighted by molar-refractivity contribution is 6.03. The lowest BCUT2D eigenvalue weighted by Gasteiger charge is -2.12. The van der Waals surface area contributed by atoms with Gasteiger partial charge in [0.25, 0.3) is 5.69 Å². The summed E-state index contributed by atoms with van der Waals surface area (Å²) in [6, 6.07) is 5.45. The van der Waals surface area contributed by atoms with Crippen LogP contribution in [-0.2, 0) is 23.8 Å². The average molecular weight is 293 g/mol. The highest BCUT2D eigenvalue weighted by Gasteiger charge is 2.41. The van der Waals surface area contributed by atoms with Gasteiger partial charge in [0.1, 0.15) is 5.57 Å². The largest absolute Gasteiger partial charge is 0.489 e. The van der Waals surface area contributed by atoms with E-state index in [-0.39, 0.29) is 22.6 Å². The van der Waals surface area contributed by atoms with E-state index in [1.54, 1.807) is 0 Å². The number of cyclic esters (lactones) is 1. The fraction of sp³-hybridized carbons (Fsp3) is 0.231. The molecule has 21 heavy (non-hydrogen) atoms. The molecule has 0 N–H and O–H groups in total. The maximum atomic E-state index is 11.8. The van der Waals surface area contributed by atoms with Gasteiger partial charge in [0.15, 0.2) is 6.10 Å². The maximum absolute atomic E-state index is 11.8. The van der Waals surface area contributed by atoms with E-state index in [2.05, 4.69) is 4.74 Å². The van der Waals surface area contributed by atoms with Crippen molar-refractivity contribution in [2.75, 3.05) is 14.2 Å². The molecule has 0 fully saturated rings. The van der Waals surface area contributed by atoms with Crippen LogP contribution in [0.15, 0.2) is 35.6 Å². The van der Waals surface area contributed by atoms with Crippen LogP contribution in [0.1, 0.15) is 11.7 Å². The molecule has 0 radical (unpaired) electrons. The highest BCUT2D eigenvalue weighted by atomic mass is 16.6. The molecule has 1 heterocycles. The summed E-state index contributed by atoms with van der Waals surface area (Å²) >= 11 is 0. The van der Waals surface area contributed by atoms with Crippen molar-refractivity contribution in [1.29, 1.82) is 0 Å². The number of benzene rings is 1. The van der Waals surface area contributed by atoms with E-state index in [0.717, 1.165) is 7.11 Å². The lowest BCUT2D eigenvalue weighted by Crippen LogP contribution is -2.12. The number of carbonyl (C=O) groups excluding carboxylic acids is 2. The zero-order valence-corrected chi connectivity index (χ0v) is 11.2. The summed E-state index contributed by atoms with van der Waals surface area (Å²) in [4.78, 5) is 33.7. The third kappa shape index (κ3) is 2.55. The number of esters is 2. The van der Waals surface area contributed by atoms with Crippen LogP contribution in [0.4, 0.5) is 5.69 Å². The van der Waals surface area contributed by atoms with Gasteiger partial charge in [-0.25, -0.2) is 9.59 Å². The van der Waals surface area contributed by atoms with E-state index in [1.807, 2.05) is 0 Å². The van der Waals surface area contributed by atoms with Crippen LogP contribution in [0, 0.1) is 10.1 Å². The van der Waals surface area contributed by atoms with Gasteiger partial charge in [0.05, 0.1) is 19.1 Å². The Kier molecular flexibility index (Phi) is 3.88. The second kappa shape index (κ2) is 5.61. The van der Waals surface area contributed by atoms with Crippen molar-refractivity contribution < 1.29 is 28.7 Å². The first-order valence-electron chi connectivity index (χ1n) is 5.81. The first-order chi connectivity index (χ1) is 9.99. The van der Waals surface area contributed by atoms with Gasteiger partial charge >= 0.3 is 11.9 Å². The third-order valence-electron chi connectivity index (χ3n) is 2.91. The lowest BCUT2D eigenvalue weighted by atomic mass is 10.0. The Bertz CT molecular complexity index is 650. The Balaban J connectivity index is 2.50. The molecule has 8 nitrogen and oxygen atoms in total. The molecule has 0 spiro atoms. The molecule has 8 heteroatoms. The zero-order chi connectivity index (χ0) is 15.6. The van der Waals surface area contributed by atoms with E-state index in [0.29, 0.717) is 0 Å². The number of nitrogens with zero attached hydrogens (tertiary/aromatic N) is 1. The zero-order valence-electron chi connectivity index (χ0n) is 11.2. The molecule has 0 aromatic heterocycles. The van der Waals surface area contributed by atoms with Crippen molar-refractivity contribution >= 4 is 17.6 Å². The van der Waals surface area contributed by atoms with Gasteiger partial charge < -0.3 is 14.2 Å². The van der Waals surface area contributed by atoms with E-state index < -0.39 is 23.0 Å². The summed E-state index contributed by atoms with van der Waals surface area (Å²) in [5.41, 5.74) is -0.0193. The molecule has 2 rings (SSSR count). The van der Waals surface area contributed by atoms with Crippen LogP contribution in [0.3, 0.4) is 0 Å². The van der Waals surface area contributed by atoms with Crippen molar-refractivity contribution in [2.45, 2.75) is 6.10 Å². The molecule has 0 bridgehead atoms. The Hall–Kier alpha value is -2.90. The van der Waals surface area contributed by atoms with Crippen LogP contribution in [-0.4, -0.2) is 31.1 Å². The van der Waals surface area contributed by atoms with Crippen molar-refractivity contribution in [3.05, 3.63) is 51.3 Å². The van der Waals surface area contributed by atoms with E-state index >= 15 is 0 Å². The molecular formula is C13H11NO7. The van der Waals surface area contributed by atoms with Gasteiger partial charge in [-0.05, 0) is 0 Å². The molecule has 0 aliphatic carbocycles. The predicted molar refractivity (Wildman–Crippen MR) is 68.0 cm³/mol. The number of ether oxygens (including phenoxy) is 3. The highest BCUT2D eigenvalue weighted by Crippen LogP contribution is 2.37. The van der Waals surface area contributed by atoms with E-state index in [9.17, 15) is 19.7 Å². The Labute approximate surface area is 119 Å². The second-order valence-corrected chi connectivity index (χ2v) is 4.08. The molecular weight excluding hydrogens is 282 g/mol. The molecule has 110 valence electrons. The van der Waals surface area contributed by atoms with Crippen molar-refractivity contribution in [3.8, 4) is 0 Å². The number of nitro benzene ring substituents is 1. The maximum Gasteiger partial charge on any atom is 0.375 e. The predicted octanol–water partition coefficient (Wildman–Crippen LogP) is 1.27. The van der Waals surface area contributed by atoms with E-state index in [4.69, 9.17) is 9.47 Å². The van der Waals surface area contributed by atoms with Crippen LogP contribution in [0.2, 0.25) is 0 Å². The first kappa shape index (κ1) is 14.5. The van der Waals surface area contributed by atoms with Crippen LogP contribution < -0.4 is 0 Å². The minimum atomic E-state index is -1.10. The number of carbonyl (C=O) groups is 2. The standard InChI is InChI=1S/C13H11NO7/c1-19-11-9(12(15)20-2)10(21-13(11)16)7-4-3-5-8(6-7)14(17)18/h3-6,10H,1-2H3. The van der Waals surface area contributed by atoms with Crippen LogP contribution >= 0.6 is 0 Å². The normalized spacial score (nSPS) is 17.4. The molecule has 0 amide bonds. The molecule has 1 atom stereocenters. The van der Waals surface area contributed by atoms with Crippen molar-refractivity contribution in [2.24, 2.45) is 0 Å². The third-order valence-corrected chi connectivity index (χ3v) is 2.91. The fourth-order valence-corrected chi connectivity index (χ4v) is 1.99. The number of non-ortho nitro benzene ring substituents is 1. The molecule has 0 saturated carbocycles. The molecule has 1 unspecified atom stereocenters. The minimum absolute atomic E-state index is 0.120. The summed E-state index contributed by atoms with van der Waals surface area (Å²) in [5, 5.41) is 10.8. The van der Waals surface area contributed by atoms with Crippen molar-refractivity contribution in [1.82, 2.24) is 0 Å². The smallest absolute Gasteiger partial charge is 0.375 e. The number of hydrogen-bond donors (Lipinski definition) is 0. The Morgan fingerprint density at radius 3 is 2.67 bits per heavy atom. The van der Waals surface area contributed by atoms with Gasteiger partial charge in [0, 0.05) is 17.7 Å². The number of methoxy groups -OCH3 is 2. The number of nitro groups is 1. The monoisotopic (exact) mass is 293 g/mol. The molecule has 1 aliphatic rings. The van der Waals surface area contributed by atoms with Crippen LogP contribution in [0.5, 0.6) is 0 Å². The topological polar surface area (TPSA) is 105 Å². The number of hydrogen-bond acceptors (Lipinski definition) is 7. The van der Waals surface area contributed by atoms with Gasteiger partial charge in [-0.3, -0.25) is 10.1 Å². The summed E-state index contributed by atoms with van der Waals surface area (Å²) in [5.74, 6) is -1.89. The Morgan fingerprint density at radius 2 is 2.10 bits per heavy atom. The minimum Gasteiger partial charge on any atom is -0.489 e. The Morgan fingerprint density at radius 1 is 1.38 bits per heavy atom. The number of rotatable bonds is 4. The molecule has 1 aromatic rings. The molecule has 1 aromatic carbocycles. The fourth-order valence-electron chi connectivity index (χ4n) is 1.99. The van der Waals surface area contributed by atoms with Crippen LogP contribution in [0.25, 0.3) is 0 Å².